The summed E-state index contributed by atoms with van der Waals surface area (Å²) in [6, 6.07) is 15.7. The van der Waals surface area contributed by atoms with Gasteiger partial charge in [0.2, 0.25) is 11.7 Å². The second-order valence-electron chi connectivity index (χ2n) is 3.83. The van der Waals surface area contributed by atoms with Crippen molar-refractivity contribution in [2.24, 2.45) is 0 Å². The van der Waals surface area contributed by atoms with E-state index in [1.165, 1.54) is 4.90 Å². The fraction of sp³-hybridized carbons (Fsp3) is 0.0714. The summed E-state index contributed by atoms with van der Waals surface area (Å²) < 4.78 is 5.22. The van der Waals surface area contributed by atoms with Gasteiger partial charge in [0.05, 0.1) is 5.75 Å². The van der Waals surface area contributed by atoms with Gasteiger partial charge in [-0.25, -0.2) is 0 Å². The second kappa shape index (κ2) is 5.67. The van der Waals surface area contributed by atoms with Gasteiger partial charge in [0.15, 0.2) is 0 Å². The Hall–Kier alpha value is -2.14. The number of hydrogen-bond acceptors (Lipinski definition) is 5. The van der Waals surface area contributed by atoms with Crippen LogP contribution in [0.15, 0.2) is 64.1 Å². The molecule has 0 saturated carbocycles. The lowest BCUT2D eigenvalue weighted by molar-refractivity contribution is 0.391. The van der Waals surface area contributed by atoms with Gasteiger partial charge >= 0.3 is 0 Å². The molecule has 0 N–H and O–H groups in total. The first-order chi connectivity index (χ1) is 9.42. The molecular formula is C14H11N3OS. The minimum absolute atomic E-state index is 0.532. The van der Waals surface area contributed by atoms with Gasteiger partial charge in [-0.1, -0.05) is 29.4 Å². The summed E-state index contributed by atoms with van der Waals surface area (Å²) in [5, 5.41) is 3.94. The van der Waals surface area contributed by atoms with Crippen molar-refractivity contribution >= 4 is 11.8 Å². The van der Waals surface area contributed by atoms with E-state index in [2.05, 4.69) is 27.3 Å². The van der Waals surface area contributed by atoms with Gasteiger partial charge in [-0.15, -0.1) is 11.8 Å². The van der Waals surface area contributed by atoms with Crippen LogP contribution in [0.2, 0.25) is 0 Å². The average Bonchev–Trinajstić information content (AvgIpc) is 2.96. The lowest BCUT2D eigenvalue weighted by Crippen LogP contribution is -1.85. The van der Waals surface area contributed by atoms with Crippen LogP contribution in [-0.2, 0) is 5.75 Å². The molecule has 4 nitrogen and oxygen atoms in total. The molecule has 0 unspecified atom stereocenters. The molecule has 2 heterocycles. The lowest BCUT2D eigenvalue weighted by Gasteiger charge is -1.96. The maximum absolute atomic E-state index is 5.22. The quantitative estimate of drug-likeness (QED) is 0.679. The summed E-state index contributed by atoms with van der Waals surface area (Å²) in [6.07, 6.45) is 1.71. The van der Waals surface area contributed by atoms with Crippen molar-refractivity contribution in [1.29, 1.82) is 0 Å². The molecule has 0 bridgehead atoms. The summed E-state index contributed by atoms with van der Waals surface area (Å²) in [6.45, 7) is 0. The van der Waals surface area contributed by atoms with Gasteiger partial charge in [0.1, 0.15) is 5.69 Å². The molecule has 0 amide bonds. The largest absolute Gasteiger partial charge is 0.338 e. The average molecular weight is 269 g/mol. The van der Waals surface area contributed by atoms with Gasteiger partial charge in [0.25, 0.3) is 0 Å². The van der Waals surface area contributed by atoms with Crippen LogP contribution in [0.25, 0.3) is 11.5 Å². The molecule has 0 aliphatic heterocycles. The van der Waals surface area contributed by atoms with Crippen LogP contribution in [0.4, 0.5) is 0 Å². The monoisotopic (exact) mass is 269 g/mol. The summed E-state index contributed by atoms with van der Waals surface area (Å²) in [5.41, 5.74) is 0.724. The zero-order valence-electron chi connectivity index (χ0n) is 10.1. The number of pyridine rings is 1. The highest BCUT2D eigenvalue weighted by Gasteiger charge is 2.09. The van der Waals surface area contributed by atoms with Crippen LogP contribution in [0, 0.1) is 0 Å². The Morgan fingerprint density at radius 1 is 1.00 bits per heavy atom. The minimum atomic E-state index is 0.532. The molecule has 3 rings (SSSR count). The zero-order valence-corrected chi connectivity index (χ0v) is 10.9. The molecule has 1 aromatic carbocycles. The van der Waals surface area contributed by atoms with Crippen molar-refractivity contribution in [3.05, 3.63) is 60.6 Å². The Morgan fingerprint density at radius 3 is 2.63 bits per heavy atom. The number of rotatable bonds is 4. The van der Waals surface area contributed by atoms with Crippen molar-refractivity contribution in [2.75, 3.05) is 0 Å². The SMILES string of the molecule is c1ccc(SCc2nc(-c3ccccn3)no2)cc1. The number of aromatic nitrogens is 3. The van der Waals surface area contributed by atoms with Crippen LogP contribution in [-0.4, -0.2) is 15.1 Å². The van der Waals surface area contributed by atoms with E-state index in [0.717, 1.165) is 5.69 Å². The van der Waals surface area contributed by atoms with E-state index in [1.54, 1.807) is 18.0 Å². The zero-order chi connectivity index (χ0) is 12.9. The fourth-order valence-electron chi connectivity index (χ4n) is 1.57. The smallest absolute Gasteiger partial charge is 0.237 e. The van der Waals surface area contributed by atoms with E-state index in [4.69, 9.17) is 4.52 Å². The molecule has 94 valence electrons. The van der Waals surface area contributed by atoms with E-state index >= 15 is 0 Å². The first-order valence-electron chi connectivity index (χ1n) is 5.84. The van der Waals surface area contributed by atoms with Gasteiger partial charge in [0, 0.05) is 11.1 Å². The predicted molar refractivity (Wildman–Crippen MR) is 73.5 cm³/mol. The first-order valence-corrected chi connectivity index (χ1v) is 6.82. The molecule has 19 heavy (non-hydrogen) atoms. The molecule has 0 fully saturated rings. The maximum Gasteiger partial charge on any atom is 0.237 e. The standard InChI is InChI=1S/C14H11N3OS/c1-2-6-11(7-3-1)19-10-13-16-14(17-18-13)12-8-4-5-9-15-12/h1-9H,10H2. The van der Waals surface area contributed by atoms with E-state index in [-0.39, 0.29) is 0 Å². The van der Waals surface area contributed by atoms with Gasteiger partial charge < -0.3 is 4.52 Å². The van der Waals surface area contributed by atoms with E-state index < -0.39 is 0 Å². The molecule has 3 aromatic rings. The molecule has 5 heteroatoms. The number of nitrogens with zero attached hydrogens (tertiary/aromatic N) is 3. The molecule has 2 aromatic heterocycles. The summed E-state index contributed by atoms with van der Waals surface area (Å²) in [4.78, 5) is 9.70. The van der Waals surface area contributed by atoms with E-state index in [9.17, 15) is 0 Å². The van der Waals surface area contributed by atoms with Gasteiger partial charge in [-0.3, -0.25) is 4.98 Å². The molecule has 0 radical (unpaired) electrons. The topological polar surface area (TPSA) is 51.8 Å². The maximum atomic E-state index is 5.22. The summed E-state index contributed by atoms with van der Waals surface area (Å²) in [5.74, 6) is 1.79. The fourth-order valence-corrected chi connectivity index (χ4v) is 2.33. The molecule has 0 spiro atoms. The Bertz CT molecular complexity index is 640. The Balaban J connectivity index is 1.69. The molecule has 0 saturated heterocycles. The van der Waals surface area contributed by atoms with Crippen molar-refractivity contribution in [2.45, 2.75) is 10.6 Å². The number of hydrogen-bond donors (Lipinski definition) is 0. The highest BCUT2D eigenvalue weighted by molar-refractivity contribution is 7.98. The van der Waals surface area contributed by atoms with Crippen molar-refractivity contribution in [3.8, 4) is 11.5 Å². The third kappa shape index (κ3) is 3.00. The van der Waals surface area contributed by atoms with Crippen LogP contribution in [0.5, 0.6) is 0 Å². The van der Waals surface area contributed by atoms with Crippen LogP contribution < -0.4 is 0 Å². The highest BCUT2D eigenvalue weighted by Crippen LogP contribution is 2.22. The minimum Gasteiger partial charge on any atom is -0.338 e. The normalized spacial score (nSPS) is 10.5. The summed E-state index contributed by atoms with van der Waals surface area (Å²) >= 11 is 1.67. The van der Waals surface area contributed by atoms with Gasteiger partial charge in [-0.05, 0) is 24.3 Å². The Kier molecular flexibility index (Phi) is 3.56. The van der Waals surface area contributed by atoms with Crippen LogP contribution >= 0.6 is 11.8 Å². The van der Waals surface area contributed by atoms with Crippen molar-refractivity contribution in [1.82, 2.24) is 15.1 Å². The van der Waals surface area contributed by atoms with E-state index in [1.807, 2.05) is 36.4 Å². The number of thioether (sulfide) groups is 1. The van der Waals surface area contributed by atoms with Crippen molar-refractivity contribution in [3.63, 3.8) is 0 Å². The Labute approximate surface area is 114 Å². The van der Waals surface area contributed by atoms with Crippen molar-refractivity contribution < 1.29 is 4.52 Å². The molecule has 0 aliphatic carbocycles. The summed E-state index contributed by atoms with van der Waals surface area (Å²) in [7, 11) is 0. The third-order valence-corrected chi connectivity index (χ3v) is 3.46. The van der Waals surface area contributed by atoms with Gasteiger partial charge in [-0.2, -0.15) is 4.98 Å². The first kappa shape index (κ1) is 11.9. The number of benzene rings is 1. The molecule has 0 atom stereocenters. The van der Waals surface area contributed by atoms with E-state index in [0.29, 0.717) is 17.5 Å². The molecular weight excluding hydrogens is 258 g/mol. The molecule has 0 aliphatic rings. The second-order valence-corrected chi connectivity index (χ2v) is 4.88. The predicted octanol–water partition coefficient (Wildman–Crippen LogP) is 3.42. The highest BCUT2D eigenvalue weighted by atomic mass is 32.2. The third-order valence-electron chi connectivity index (χ3n) is 2.47. The lowest BCUT2D eigenvalue weighted by atomic mass is 10.3. The Morgan fingerprint density at radius 2 is 1.84 bits per heavy atom. The van der Waals surface area contributed by atoms with Crippen LogP contribution in [0.3, 0.4) is 0 Å². The van der Waals surface area contributed by atoms with Crippen LogP contribution in [0.1, 0.15) is 5.89 Å².